The van der Waals surface area contributed by atoms with Crippen molar-refractivity contribution >= 4 is 35.1 Å². The van der Waals surface area contributed by atoms with Crippen molar-refractivity contribution in [1.29, 1.82) is 0 Å². The number of thioether (sulfide) groups is 1. The quantitative estimate of drug-likeness (QED) is 0.309. The standard InChI is InChI=1S/C28H29FN4O4S/c29-21-9-3-18(4-10-21)16-38-28-31-25(30)24-26(32-28)37-14-13-33(27(24)36)22-11-7-20(8-12-22)19-5-1-17(2-6-19)15-23(34)35/h3-4,7-12,17,19H,1-2,5-6,13-16H2,(H,34,35)(H2,30,31,32). The first-order chi connectivity index (χ1) is 18.4. The number of hydrogen-bond donors (Lipinski definition) is 2. The highest BCUT2D eigenvalue weighted by Crippen LogP contribution is 2.38. The van der Waals surface area contributed by atoms with Gasteiger partial charge in [0.25, 0.3) is 5.91 Å². The van der Waals surface area contributed by atoms with Gasteiger partial charge in [0.1, 0.15) is 23.8 Å². The van der Waals surface area contributed by atoms with E-state index in [1.807, 2.05) is 24.3 Å². The van der Waals surface area contributed by atoms with Crippen molar-refractivity contribution in [3.05, 3.63) is 71.0 Å². The number of fused-ring (bicyclic) bond motifs is 1. The maximum atomic E-state index is 13.5. The van der Waals surface area contributed by atoms with Crippen molar-refractivity contribution in [2.45, 2.75) is 48.9 Å². The third-order valence-corrected chi connectivity index (χ3v) is 8.08. The highest BCUT2D eigenvalue weighted by Gasteiger charge is 2.30. The van der Waals surface area contributed by atoms with Crippen LogP contribution in [0.3, 0.4) is 0 Å². The molecule has 38 heavy (non-hydrogen) atoms. The number of amides is 1. The molecule has 8 nitrogen and oxygen atoms in total. The Morgan fingerprint density at radius 3 is 2.47 bits per heavy atom. The summed E-state index contributed by atoms with van der Waals surface area (Å²) in [6.07, 6.45) is 4.02. The molecular formula is C28H29FN4O4S. The molecule has 0 atom stereocenters. The molecule has 2 heterocycles. The lowest BCUT2D eigenvalue weighted by Crippen LogP contribution is -2.32. The number of carboxylic acids is 1. The number of anilines is 2. The Hall–Kier alpha value is -3.66. The smallest absolute Gasteiger partial charge is 0.303 e. The van der Waals surface area contributed by atoms with E-state index >= 15 is 0 Å². The van der Waals surface area contributed by atoms with Gasteiger partial charge in [-0.2, -0.15) is 4.98 Å². The number of hydrogen-bond acceptors (Lipinski definition) is 7. The number of carbonyl (C=O) groups excluding carboxylic acids is 1. The predicted octanol–water partition coefficient (Wildman–Crippen LogP) is 5.28. The highest BCUT2D eigenvalue weighted by molar-refractivity contribution is 7.98. The Morgan fingerprint density at radius 2 is 1.79 bits per heavy atom. The fourth-order valence-corrected chi connectivity index (χ4v) is 5.92. The SMILES string of the molecule is Nc1nc(SCc2ccc(F)cc2)nc2c1C(=O)N(c1ccc(C3CCC(CC(=O)O)CC3)cc1)CCO2. The number of nitrogens with two attached hydrogens (primary N) is 1. The molecule has 198 valence electrons. The summed E-state index contributed by atoms with van der Waals surface area (Å²) in [5, 5.41) is 9.43. The summed E-state index contributed by atoms with van der Waals surface area (Å²) in [6, 6.07) is 14.2. The zero-order valence-electron chi connectivity index (χ0n) is 20.8. The number of carboxylic acid groups (broad SMARTS) is 1. The molecule has 2 aromatic carbocycles. The van der Waals surface area contributed by atoms with Gasteiger partial charge < -0.3 is 20.5 Å². The van der Waals surface area contributed by atoms with Gasteiger partial charge in [-0.3, -0.25) is 9.59 Å². The Balaban J connectivity index is 1.27. The van der Waals surface area contributed by atoms with Gasteiger partial charge in [-0.1, -0.05) is 36.0 Å². The van der Waals surface area contributed by atoms with Gasteiger partial charge in [-0.05, 0) is 72.9 Å². The normalized spacial score (nSPS) is 19.4. The molecule has 0 bridgehead atoms. The van der Waals surface area contributed by atoms with Crippen molar-refractivity contribution in [2.75, 3.05) is 23.8 Å². The predicted molar refractivity (Wildman–Crippen MR) is 143 cm³/mol. The number of aromatic nitrogens is 2. The Bertz CT molecular complexity index is 1310. The van der Waals surface area contributed by atoms with Gasteiger partial charge in [0.15, 0.2) is 5.16 Å². The fraction of sp³-hybridized carbons (Fsp3) is 0.357. The van der Waals surface area contributed by atoms with E-state index in [1.165, 1.54) is 29.5 Å². The summed E-state index contributed by atoms with van der Waals surface area (Å²) >= 11 is 1.33. The average Bonchev–Trinajstić information content (AvgIpc) is 3.07. The Kier molecular flexibility index (Phi) is 7.78. The van der Waals surface area contributed by atoms with E-state index in [1.54, 1.807) is 17.0 Å². The molecule has 1 fully saturated rings. The minimum absolute atomic E-state index is 0.0586. The third-order valence-electron chi connectivity index (χ3n) is 7.16. The van der Waals surface area contributed by atoms with Crippen LogP contribution < -0.4 is 15.4 Å². The monoisotopic (exact) mass is 536 g/mol. The summed E-state index contributed by atoms with van der Waals surface area (Å²) in [6.45, 7) is 0.596. The lowest BCUT2D eigenvalue weighted by atomic mass is 9.77. The topological polar surface area (TPSA) is 119 Å². The van der Waals surface area contributed by atoms with Crippen LogP contribution in [0.15, 0.2) is 53.7 Å². The second-order valence-electron chi connectivity index (χ2n) is 9.70. The first-order valence-corrected chi connectivity index (χ1v) is 13.7. The number of ether oxygens (including phenoxy) is 1. The van der Waals surface area contributed by atoms with Crippen LogP contribution in [-0.4, -0.2) is 40.1 Å². The summed E-state index contributed by atoms with van der Waals surface area (Å²) in [5.41, 5.74) is 9.21. The second kappa shape index (κ2) is 11.4. The molecule has 0 spiro atoms. The lowest BCUT2D eigenvalue weighted by molar-refractivity contribution is -0.138. The maximum absolute atomic E-state index is 13.5. The molecule has 1 aliphatic heterocycles. The molecular weight excluding hydrogens is 507 g/mol. The molecule has 0 saturated heterocycles. The zero-order valence-corrected chi connectivity index (χ0v) is 21.6. The van der Waals surface area contributed by atoms with E-state index in [0.29, 0.717) is 23.4 Å². The number of rotatable bonds is 7. The van der Waals surface area contributed by atoms with Crippen LogP contribution in [0.25, 0.3) is 0 Å². The van der Waals surface area contributed by atoms with Crippen molar-refractivity contribution in [2.24, 2.45) is 5.92 Å². The molecule has 1 aliphatic carbocycles. The van der Waals surface area contributed by atoms with Crippen LogP contribution in [0.4, 0.5) is 15.9 Å². The van der Waals surface area contributed by atoms with E-state index in [0.717, 1.165) is 36.9 Å². The Morgan fingerprint density at radius 1 is 1.08 bits per heavy atom. The highest BCUT2D eigenvalue weighted by atomic mass is 32.2. The summed E-state index contributed by atoms with van der Waals surface area (Å²) < 4.78 is 19.0. The molecule has 10 heteroatoms. The van der Waals surface area contributed by atoms with E-state index < -0.39 is 5.97 Å². The number of halogens is 1. The van der Waals surface area contributed by atoms with Gasteiger partial charge in [-0.15, -0.1) is 0 Å². The molecule has 2 aliphatic rings. The van der Waals surface area contributed by atoms with Gasteiger partial charge in [0, 0.05) is 17.9 Å². The first kappa shape index (κ1) is 26.0. The molecule has 1 amide bonds. The number of carbonyl (C=O) groups is 2. The Labute approximate surface area is 224 Å². The number of benzene rings is 2. The third kappa shape index (κ3) is 5.91. The van der Waals surface area contributed by atoms with Gasteiger partial charge in [0.05, 0.1) is 6.54 Å². The largest absolute Gasteiger partial charge is 0.481 e. The van der Waals surface area contributed by atoms with Crippen molar-refractivity contribution in [3.8, 4) is 5.88 Å². The van der Waals surface area contributed by atoms with Crippen molar-refractivity contribution in [1.82, 2.24) is 9.97 Å². The van der Waals surface area contributed by atoms with Gasteiger partial charge in [0.2, 0.25) is 5.88 Å². The second-order valence-corrected chi connectivity index (χ2v) is 10.6. The van der Waals surface area contributed by atoms with Crippen LogP contribution in [0, 0.1) is 11.7 Å². The molecule has 3 N–H and O–H groups in total. The minimum atomic E-state index is -0.725. The zero-order chi connectivity index (χ0) is 26.6. The molecule has 5 rings (SSSR count). The van der Waals surface area contributed by atoms with Crippen LogP contribution >= 0.6 is 11.8 Å². The van der Waals surface area contributed by atoms with Crippen molar-refractivity contribution in [3.63, 3.8) is 0 Å². The number of nitrogens with zero attached hydrogens (tertiary/aromatic N) is 3. The van der Waals surface area contributed by atoms with Crippen LogP contribution in [0.5, 0.6) is 5.88 Å². The van der Waals surface area contributed by atoms with Crippen LogP contribution in [0.1, 0.15) is 59.5 Å². The molecule has 1 saturated carbocycles. The number of aliphatic carboxylic acids is 1. The molecule has 3 aromatic rings. The van der Waals surface area contributed by atoms with Gasteiger partial charge in [-0.25, -0.2) is 9.37 Å². The van der Waals surface area contributed by atoms with Crippen molar-refractivity contribution < 1.29 is 23.8 Å². The van der Waals surface area contributed by atoms with Crippen LogP contribution in [0.2, 0.25) is 0 Å². The minimum Gasteiger partial charge on any atom is -0.481 e. The summed E-state index contributed by atoms with van der Waals surface area (Å²) in [5.74, 6) is 0.0651. The van der Waals surface area contributed by atoms with E-state index in [2.05, 4.69) is 9.97 Å². The summed E-state index contributed by atoms with van der Waals surface area (Å²) in [4.78, 5) is 34.9. The average molecular weight is 537 g/mol. The lowest BCUT2D eigenvalue weighted by Gasteiger charge is -2.28. The number of nitrogen functional groups attached to an aromatic ring is 1. The van der Waals surface area contributed by atoms with Gasteiger partial charge >= 0.3 is 5.97 Å². The molecule has 0 unspecified atom stereocenters. The maximum Gasteiger partial charge on any atom is 0.303 e. The van der Waals surface area contributed by atoms with Crippen LogP contribution in [-0.2, 0) is 10.5 Å². The molecule has 1 aromatic heterocycles. The van der Waals surface area contributed by atoms with E-state index in [-0.39, 0.29) is 47.9 Å². The summed E-state index contributed by atoms with van der Waals surface area (Å²) in [7, 11) is 0. The van der Waals surface area contributed by atoms with E-state index in [4.69, 9.17) is 15.6 Å². The first-order valence-electron chi connectivity index (χ1n) is 12.7. The fourth-order valence-electron chi connectivity index (χ4n) is 5.12. The molecule has 0 radical (unpaired) electrons. The van der Waals surface area contributed by atoms with E-state index in [9.17, 15) is 14.0 Å².